The number of rotatable bonds is 30. The number of allylic oxidation sites excluding steroid dienone is 3. The molecular formula is C35H67NO3. The first-order valence-electron chi connectivity index (χ1n) is 17.1. The maximum absolute atomic E-state index is 12.3. The second kappa shape index (κ2) is 31.4. The lowest BCUT2D eigenvalue weighted by Crippen LogP contribution is -2.45. The van der Waals surface area contributed by atoms with Crippen LogP contribution in [0.3, 0.4) is 0 Å². The molecule has 0 aliphatic heterocycles. The van der Waals surface area contributed by atoms with E-state index in [0.29, 0.717) is 6.42 Å². The van der Waals surface area contributed by atoms with Gasteiger partial charge in [0.15, 0.2) is 0 Å². The van der Waals surface area contributed by atoms with Crippen molar-refractivity contribution in [3.05, 3.63) is 24.3 Å². The fraction of sp³-hybridized carbons (Fsp3) is 0.857. The summed E-state index contributed by atoms with van der Waals surface area (Å²) in [5.74, 6) is -0.0755. The van der Waals surface area contributed by atoms with Crippen molar-refractivity contribution in [2.24, 2.45) is 0 Å². The Morgan fingerprint density at radius 1 is 0.590 bits per heavy atom. The summed E-state index contributed by atoms with van der Waals surface area (Å²) < 4.78 is 0. The van der Waals surface area contributed by atoms with Crippen LogP contribution in [-0.2, 0) is 4.79 Å². The van der Waals surface area contributed by atoms with Crippen molar-refractivity contribution in [2.75, 3.05) is 6.61 Å². The van der Waals surface area contributed by atoms with Crippen molar-refractivity contribution in [3.63, 3.8) is 0 Å². The Kier molecular flexibility index (Phi) is 30.5. The van der Waals surface area contributed by atoms with Crippen LogP contribution in [0.2, 0.25) is 0 Å². The third-order valence-electron chi connectivity index (χ3n) is 7.68. The van der Waals surface area contributed by atoms with Crippen LogP contribution >= 0.6 is 0 Å². The molecule has 2 atom stereocenters. The van der Waals surface area contributed by atoms with Gasteiger partial charge in [0.05, 0.1) is 18.8 Å². The standard InChI is InChI=1S/C35H67NO3/c1-3-5-7-9-11-13-15-17-19-20-22-24-26-28-30-34(38)33(32-37)36-35(39)31-29-27-25-23-21-18-16-14-12-10-8-6-4-2/h14,16,28,30,33-34,37-38H,3-13,15,17-27,29,31-32H2,1-2H3,(H,36,39)/b16-14-,30-28+. The summed E-state index contributed by atoms with van der Waals surface area (Å²) in [6.07, 6.45) is 38.2. The molecule has 2 unspecified atom stereocenters. The maximum Gasteiger partial charge on any atom is 0.220 e. The van der Waals surface area contributed by atoms with Crippen molar-refractivity contribution >= 4 is 5.91 Å². The van der Waals surface area contributed by atoms with Gasteiger partial charge in [0.25, 0.3) is 0 Å². The highest BCUT2D eigenvalue weighted by molar-refractivity contribution is 5.76. The van der Waals surface area contributed by atoms with Crippen molar-refractivity contribution < 1.29 is 15.0 Å². The average Bonchev–Trinajstić information content (AvgIpc) is 2.94. The quantitative estimate of drug-likeness (QED) is 0.0617. The van der Waals surface area contributed by atoms with Gasteiger partial charge in [0, 0.05) is 6.42 Å². The number of unbranched alkanes of at least 4 members (excludes halogenated alkanes) is 21. The Balaban J connectivity index is 3.67. The van der Waals surface area contributed by atoms with Gasteiger partial charge in [-0.3, -0.25) is 4.79 Å². The van der Waals surface area contributed by atoms with Crippen LogP contribution in [0.5, 0.6) is 0 Å². The zero-order chi connectivity index (χ0) is 28.7. The van der Waals surface area contributed by atoms with E-state index in [4.69, 9.17) is 0 Å². The number of amides is 1. The molecule has 0 heterocycles. The van der Waals surface area contributed by atoms with Gasteiger partial charge in [-0.15, -0.1) is 0 Å². The van der Waals surface area contributed by atoms with E-state index in [0.717, 1.165) is 38.5 Å². The molecule has 39 heavy (non-hydrogen) atoms. The van der Waals surface area contributed by atoms with Crippen LogP contribution in [0.25, 0.3) is 0 Å². The molecule has 0 radical (unpaired) electrons. The van der Waals surface area contributed by atoms with Crippen molar-refractivity contribution in [1.29, 1.82) is 0 Å². The van der Waals surface area contributed by atoms with Gasteiger partial charge in [-0.05, 0) is 44.9 Å². The SMILES string of the molecule is CCCCCC/C=C\CCCCCCCC(=O)NC(CO)C(O)/C=C/CCCCCCCCCCCCCC. The number of aliphatic hydroxyl groups excluding tert-OH is 2. The fourth-order valence-corrected chi connectivity index (χ4v) is 4.99. The molecular weight excluding hydrogens is 482 g/mol. The maximum atomic E-state index is 12.3. The molecule has 0 spiro atoms. The fourth-order valence-electron chi connectivity index (χ4n) is 4.99. The highest BCUT2D eigenvalue weighted by Gasteiger charge is 2.17. The van der Waals surface area contributed by atoms with E-state index < -0.39 is 12.1 Å². The van der Waals surface area contributed by atoms with E-state index in [9.17, 15) is 15.0 Å². The molecule has 0 aliphatic carbocycles. The predicted octanol–water partition coefficient (Wildman–Crippen LogP) is 9.73. The van der Waals surface area contributed by atoms with E-state index in [2.05, 4.69) is 31.3 Å². The van der Waals surface area contributed by atoms with E-state index in [1.54, 1.807) is 6.08 Å². The van der Waals surface area contributed by atoms with Gasteiger partial charge in [-0.1, -0.05) is 147 Å². The largest absolute Gasteiger partial charge is 0.394 e. The first-order chi connectivity index (χ1) is 19.2. The molecule has 3 N–H and O–H groups in total. The third-order valence-corrected chi connectivity index (χ3v) is 7.68. The Bertz CT molecular complexity index is 560. The van der Waals surface area contributed by atoms with Gasteiger partial charge in [0.1, 0.15) is 0 Å². The van der Waals surface area contributed by atoms with Crippen molar-refractivity contribution in [2.45, 2.75) is 187 Å². The second-order valence-electron chi connectivity index (χ2n) is 11.6. The number of carbonyl (C=O) groups is 1. The summed E-state index contributed by atoms with van der Waals surface area (Å²) in [4.78, 5) is 12.3. The molecule has 0 rings (SSSR count). The zero-order valence-corrected chi connectivity index (χ0v) is 26.2. The van der Waals surface area contributed by atoms with Gasteiger partial charge in [0.2, 0.25) is 5.91 Å². The Labute approximate surface area is 243 Å². The zero-order valence-electron chi connectivity index (χ0n) is 26.2. The summed E-state index contributed by atoms with van der Waals surface area (Å²) in [6, 6.07) is -0.621. The van der Waals surface area contributed by atoms with Gasteiger partial charge in [-0.25, -0.2) is 0 Å². The Morgan fingerprint density at radius 2 is 0.974 bits per heavy atom. The van der Waals surface area contributed by atoms with Crippen LogP contribution in [-0.4, -0.2) is 34.9 Å². The molecule has 230 valence electrons. The molecule has 0 aliphatic rings. The molecule has 0 saturated carbocycles. The van der Waals surface area contributed by atoms with E-state index >= 15 is 0 Å². The van der Waals surface area contributed by atoms with Crippen LogP contribution in [0.4, 0.5) is 0 Å². The minimum atomic E-state index is -0.837. The van der Waals surface area contributed by atoms with Crippen molar-refractivity contribution in [1.82, 2.24) is 5.32 Å². The molecule has 4 nitrogen and oxygen atoms in total. The van der Waals surface area contributed by atoms with Crippen LogP contribution in [0, 0.1) is 0 Å². The molecule has 0 saturated heterocycles. The number of aliphatic hydroxyl groups is 2. The molecule has 0 bridgehead atoms. The van der Waals surface area contributed by atoms with Crippen LogP contribution < -0.4 is 5.32 Å². The first kappa shape index (κ1) is 37.9. The Morgan fingerprint density at radius 3 is 1.44 bits per heavy atom. The third kappa shape index (κ3) is 28.2. The lowest BCUT2D eigenvalue weighted by Gasteiger charge is -2.20. The summed E-state index contributed by atoms with van der Waals surface area (Å²) in [6.45, 7) is 4.27. The van der Waals surface area contributed by atoms with E-state index in [1.807, 2.05) is 6.08 Å². The number of hydrogen-bond acceptors (Lipinski definition) is 3. The number of hydrogen-bond donors (Lipinski definition) is 3. The van der Waals surface area contributed by atoms with Gasteiger partial charge < -0.3 is 15.5 Å². The normalized spacial score (nSPS) is 13.4. The predicted molar refractivity (Wildman–Crippen MR) is 170 cm³/mol. The van der Waals surface area contributed by atoms with E-state index in [1.165, 1.54) is 116 Å². The summed E-state index contributed by atoms with van der Waals surface area (Å²) in [7, 11) is 0. The summed E-state index contributed by atoms with van der Waals surface area (Å²) in [5.41, 5.74) is 0. The van der Waals surface area contributed by atoms with E-state index in [-0.39, 0.29) is 12.5 Å². The molecule has 0 aromatic carbocycles. The minimum absolute atomic E-state index is 0.0755. The molecule has 4 heteroatoms. The minimum Gasteiger partial charge on any atom is -0.394 e. The lowest BCUT2D eigenvalue weighted by molar-refractivity contribution is -0.123. The lowest BCUT2D eigenvalue weighted by atomic mass is 10.0. The Hall–Kier alpha value is -1.13. The molecule has 1 amide bonds. The van der Waals surface area contributed by atoms with Gasteiger partial charge in [-0.2, -0.15) is 0 Å². The topological polar surface area (TPSA) is 69.6 Å². The summed E-state index contributed by atoms with van der Waals surface area (Å²) in [5, 5.41) is 22.8. The molecule has 0 aromatic rings. The highest BCUT2D eigenvalue weighted by atomic mass is 16.3. The molecule has 0 aromatic heterocycles. The van der Waals surface area contributed by atoms with Gasteiger partial charge >= 0.3 is 0 Å². The molecule has 0 fully saturated rings. The van der Waals surface area contributed by atoms with Crippen LogP contribution in [0.1, 0.15) is 174 Å². The number of nitrogens with one attached hydrogen (secondary N) is 1. The highest BCUT2D eigenvalue weighted by Crippen LogP contribution is 2.13. The van der Waals surface area contributed by atoms with Crippen LogP contribution in [0.15, 0.2) is 24.3 Å². The average molecular weight is 550 g/mol. The second-order valence-corrected chi connectivity index (χ2v) is 11.6. The monoisotopic (exact) mass is 550 g/mol. The summed E-state index contributed by atoms with van der Waals surface area (Å²) >= 11 is 0. The first-order valence-corrected chi connectivity index (χ1v) is 17.1. The smallest absolute Gasteiger partial charge is 0.220 e. The number of carbonyl (C=O) groups excluding carboxylic acids is 1. The van der Waals surface area contributed by atoms with Crippen molar-refractivity contribution in [3.8, 4) is 0 Å².